The van der Waals surface area contributed by atoms with E-state index in [0.717, 1.165) is 29.0 Å². The summed E-state index contributed by atoms with van der Waals surface area (Å²) < 4.78 is 11.0. The van der Waals surface area contributed by atoms with Crippen LogP contribution < -0.4 is 0 Å². The van der Waals surface area contributed by atoms with E-state index in [2.05, 4.69) is 32.2 Å². The lowest BCUT2D eigenvalue weighted by atomic mass is 9.82. The average Bonchev–Trinajstić information content (AvgIpc) is 3.11. The minimum absolute atomic E-state index is 0.0253. The van der Waals surface area contributed by atoms with Gasteiger partial charge in [0.25, 0.3) is 0 Å². The second-order valence-corrected chi connectivity index (χ2v) is 10.7. The molecular weight excluding hydrogens is 528 g/mol. The summed E-state index contributed by atoms with van der Waals surface area (Å²) >= 11 is 0. The average molecular weight is 583 g/mol. The van der Waals surface area contributed by atoms with E-state index in [9.17, 15) is 9.59 Å². The summed E-state index contributed by atoms with van der Waals surface area (Å²) in [4.78, 5) is 35.4. The maximum atomic E-state index is 13.9. The molecule has 0 N–H and O–H groups in total. The Balaban J connectivity index is 0.00000301. The van der Waals surface area contributed by atoms with Gasteiger partial charge in [-0.1, -0.05) is 58.2 Å². The first-order valence-corrected chi connectivity index (χ1v) is 15.4. The van der Waals surface area contributed by atoms with E-state index in [0.29, 0.717) is 52.2 Å². The zero-order valence-corrected chi connectivity index (χ0v) is 27.3. The molecule has 1 unspecified atom stereocenters. The lowest BCUT2D eigenvalue weighted by Crippen LogP contribution is -2.56. The van der Waals surface area contributed by atoms with Gasteiger partial charge in [-0.3, -0.25) is 9.69 Å². The molecule has 234 valence electrons. The van der Waals surface area contributed by atoms with Crippen molar-refractivity contribution < 1.29 is 19.1 Å². The molecule has 2 saturated heterocycles. The topological polar surface area (TPSA) is 65.6 Å². The van der Waals surface area contributed by atoms with E-state index in [1.165, 1.54) is 0 Å². The van der Waals surface area contributed by atoms with Crippen LogP contribution in [0.1, 0.15) is 54.4 Å². The molecular formula is C34H54N4O4. The molecule has 8 heteroatoms. The van der Waals surface area contributed by atoms with Crippen molar-refractivity contribution in [1.29, 1.82) is 0 Å². The van der Waals surface area contributed by atoms with Gasteiger partial charge in [-0.2, -0.15) is 0 Å². The summed E-state index contributed by atoms with van der Waals surface area (Å²) in [6.45, 7) is 23.9. The molecule has 0 bridgehead atoms. The number of nitrogens with zero attached hydrogens (tertiary/aromatic N) is 4. The first-order chi connectivity index (χ1) is 20.2. The second-order valence-electron chi connectivity index (χ2n) is 10.7. The summed E-state index contributed by atoms with van der Waals surface area (Å²) in [6.07, 6.45) is 13.1. The van der Waals surface area contributed by atoms with Crippen LogP contribution in [0.2, 0.25) is 0 Å². The molecule has 8 nitrogen and oxygen atoms in total. The number of urea groups is 1. The van der Waals surface area contributed by atoms with Gasteiger partial charge in [-0.15, -0.1) is 0 Å². The quantitative estimate of drug-likeness (QED) is 0.273. The fourth-order valence-corrected chi connectivity index (χ4v) is 6.34. The third kappa shape index (κ3) is 7.27. The Hall–Kier alpha value is -3.10. The van der Waals surface area contributed by atoms with Gasteiger partial charge >= 0.3 is 6.03 Å². The Morgan fingerprint density at radius 3 is 2.38 bits per heavy atom. The highest BCUT2D eigenvalue weighted by atomic mass is 16.5. The summed E-state index contributed by atoms with van der Waals surface area (Å²) in [5, 5.41) is 0. The second kappa shape index (κ2) is 16.5. The van der Waals surface area contributed by atoms with Crippen LogP contribution in [-0.4, -0.2) is 103 Å². The third-order valence-corrected chi connectivity index (χ3v) is 8.53. The van der Waals surface area contributed by atoms with E-state index >= 15 is 0 Å². The smallest absolute Gasteiger partial charge is 0.325 e. The van der Waals surface area contributed by atoms with Gasteiger partial charge in [0, 0.05) is 46.1 Å². The summed E-state index contributed by atoms with van der Waals surface area (Å²) in [6, 6.07) is -0.241. The zero-order valence-electron chi connectivity index (χ0n) is 27.3. The number of hydrogen-bond acceptors (Lipinski definition) is 5. The molecule has 0 aromatic rings. The number of amides is 3. The van der Waals surface area contributed by atoms with Gasteiger partial charge < -0.3 is 24.2 Å². The number of ether oxygens (including phenoxy) is 2. The molecule has 2 atom stereocenters. The number of carbonyl (C=O) groups is 2. The minimum atomic E-state index is -0.432. The SMILES string of the molecule is C=C/C=C\N(CC)C(C)C(=O)N1CCC2(CC1)C1=C[C@H](C)C(COC)=C(/C=C(\C=C)COC)CN1C(=O)N2CC.CC. The van der Waals surface area contributed by atoms with Crippen molar-refractivity contribution in [2.45, 2.75) is 66.0 Å². The lowest BCUT2D eigenvalue weighted by molar-refractivity contribution is -0.137. The van der Waals surface area contributed by atoms with Crippen molar-refractivity contribution in [3.63, 3.8) is 0 Å². The molecule has 3 heterocycles. The molecule has 0 radical (unpaired) electrons. The highest BCUT2D eigenvalue weighted by Crippen LogP contribution is 2.46. The van der Waals surface area contributed by atoms with Crippen molar-refractivity contribution in [2.24, 2.45) is 5.92 Å². The molecule has 3 amide bonds. The van der Waals surface area contributed by atoms with Crippen LogP contribution in [0.3, 0.4) is 0 Å². The highest BCUT2D eigenvalue weighted by molar-refractivity contribution is 5.84. The standard InChI is InChI=1S/C32H48N4O4.C2H6/c1-9-13-16-33(11-3)25(6)30(37)34-17-14-32(15-18-34)29-19-24(5)28(23-40-8)27(20-26(10-2)22-39-7)21-35(29)31(38)36(32)12-4;1-2/h9-10,13,16,19-20,24-25H,1-2,11-12,14-15,17-18,21-23H2,3-8H3;1-2H3/b16-13-,26-20+;/t24-,25?;/m0./s1. The van der Waals surface area contributed by atoms with E-state index in [1.807, 2.05) is 66.5 Å². The van der Waals surface area contributed by atoms with Gasteiger partial charge in [-0.05, 0) is 68.5 Å². The normalized spacial score (nSPS) is 21.1. The summed E-state index contributed by atoms with van der Waals surface area (Å²) in [5.41, 5.74) is 3.79. The zero-order chi connectivity index (χ0) is 31.4. The van der Waals surface area contributed by atoms with Crippen LogP contribution in [0.4, 0.5) is 4.79 Å². The van der Waals surface area contributed by atoms with Crippen LogP contribution in [0.25, 0.3) is 0 Å². The van der Waals surface area contributed by atoms with Crippen molar-refractivity contribution in [3.05, 3.63) is 72.2 Å². The number of hydrogen-bond donors (Lipinski definition) is 0. The number of methoxy groups -OCH3 is 2. The molecule has 2 fully saturated rings. The van der Waals surface area contributed by atoms with Crippen LogP contribution in [-0.2, 0) is 14.3 Å². The van der Waals surface area contributed by atoms with Gasteiger partial charge in [0.05, 0.1) is 25.3 Å². The van der Waals surface area contributed by atoms with E-state index < -0.39 is 5.54 Å². The largest absolute Gasteiger partial charge is 0.380 e. The molecule has 42 heavy (non-hydrogen) atoms. The maximum absolute atomic E-state index is 13.9. The Morgan fingerprint density at radius 2 is 1.86 bits per heavy atom. The predicted octanol–water partition coefficient (Wildman–Crippen LogP) is 5.78. The Labute approximate surface area is 254 Å². The Morgan fingerprint density at radius 1 is 1.19 bits per heavy atom. The van der Waals surface area contributed by atoms with Crippen LogP contribution in [0.5, 0.6) is 0 Å². The molecule has 0 aromatic heterocycles. The molecule has 0 saturated carbocycles. The van der Waals surface area contributed by atoms with Gasteiger partial charge in [0.15, 0.2) is 0 Å². The first kappa shape index (κ1) is 35.1. The summed E-state index contributed by atoms with van der Waals surface area (Å²) in [5.74, 6) is 0.195. The maximum Gasteiger partial charge on any atom is 0.325 e. The number of allylic oxidation sites excluding steroid dienone is 3. The van der Waals surface area contributed by atoms with E-state index in [-0.39, 0.29) is 23.9 Å². The number of fused-ring (bicyclic) bond motifs is 2. The van der Waals surface area contributed by atoms with Crippen LogP contribution in [0, 0.1) is 5.92 Å². The molecule has 3 aliphatic rings. The van der Waals surface area contributed by atoms with Crippen LogP contribution in [0.15, 0.2) is 72.2 Å². The number of carbonyl (C=O) groups excluding carboxylic acids is 2. The van der Waals surface area contributed by atoms with E-state index in [4.69, 9.17) is 9.47 Å². The van der Waals surface area contributed by atoms with E-state index in [1.54, 1.807) is 26.4 Å². The number of piperidine rings is 1. The monoisotopic (exact) mass is 582 g/mol. The summed E-state index contributed by atoms with van der Waals surface area (Å²) in [7, 11) is 3.37. The van der Waals surface area contributed by atoms with Crippen molar-refractivity contribution in [1.82, 2.24) is 19.6 Å². The van der Waals surface area contributed by atoms with Gasteiger partial charge in [0.2, 0.25) is 5.91 Å². The molecule has 0 aliphatic carbocycles. The van der Waals surface area contributed by atoms with Gasteiger partial charge in [0.1, 0.15) is 6.04 Å². The van der Waals surface area contributed by atoms with Crippen LogP contribution >= 0.6 is 0 Å². The fourth-order valence-electron chi connectivity index (χ4n) is 6.34. The van der Waals surface area contributed by atoms with Crippen molar-refractivity contribution in [3.8, 4) is 0 Å². The van der Waals surface area contributed by atoms with Crippen molar-refractivity contribution >= 4 is 11.9 Å². The minimum Gasteiger partial charge on any atom is -0.380 e. The Bertz CT molecular complexity index is 1080. The Kier molecular flexibility index (Phi) is 13.8. The number of likely N-dealkylation sites (tertiary alicyclic amines) is 1. The molecule has 3 aliphatic heterocycles. The lowest BCUT2D eigenvalue weighted by Gasteiger charge is -2.45. The molecule has 0 aromatic carbocycles. The van der Waals surface area contributed by atoms with Gasteiger partial charge in [-0.25, -0.2) is 4.79 Å². The molecule has 3 rings (SSSR count). The predicted molar refractivity (Wildman–Crippen MR) is 172 cm³/mol. The number of likely N-dealkylation sites (N-methyl/N-ethyl adjacent to an activating group) is 2. The highest BCUT2D eigenvalue weighted by Gasteiger charge is 2.55. The number of rotatable bonds is 12. The first-order valence-electron chi connectivity index (χ1n) is 15.4. The fraction of sp³-hybridized carbons (Fsp3) is 0.588. The molecule has 1 spiro atoms. The van der Waals surface area contributed by atoms with Crippen molar-refractivity contribution in [2.75, 3.05) is 60.2 Å². The third-order valence-electron chi connectivity index (χ3n) is 8.53.